The van der Waals surface area contributed by atoms with Crippen molar-refractivity contribution in [3.05, 3.63) is 88.5 Å². The van der Waals surface area contributed by atoms with Gasteiger partial charge >= 0.3 is 18.3 Å². The van der Waals surface area contributed by atoms with Crippen LogP contribution in [-0.4, -0.2) is 69.3 Å². The summed E-state index contributed by atoms with van der Waals surface area (Å²) in [6.45, 7) is 6.49. The fourth-order valence-electron chi connectivity index (χ4n) is 5.66. The largest absolute Gasteiger partial charge is 0.509 e. The molecule has 0 saturated carbocycles. The zero-order valence-electron chi connectivity index (χ0n) is 30.2. The van der Waals surface area contributed by atoms with Crippen LogP contribution in [0.15, 0.2) is 71.8 Å². The maximum atomic E-state index is 13.7. The first kappa shape index (κ1) is 38.8. The molecule has 2 aromatic heterocycles. The van der Waals surface area contributed by atoms with Crippen molar-refractivity contribution < 1.29 is 42.8 Å². The van der Waals surface area contributed by atoms with E-state index in [4.69, 9.17) is 28.4 Å². The molecule has 2 aromatic carbocycles. The van der Waals surface area contributed by atoms with E-state index >= 15 is 0 Å². The molecule has 2 N–H and O–H groups in total. The third kappa shape index (κ3) is 11.0. The summed E-state index contributed by atoms with van der Waals surface area (Å²) in [5, 5.41) is 3.08. The third-order valence-electron chi connectivity index (χ3n) is 8.41. The second-order valence-corrected chi connectivity index (χ2v) is 13.1. The molecule has 284 valence electrons. The van der Waals surface area contributed by atoms with Gasteiger partial charge in [-0.15, -0.1) is 0 Å². The van der Waals surface area contributed by atoms with Gasteiger partial charge in [0.15, 0.2) is 35.7 Å². The van der Waals surface area contributed by atoms with Crippen LogP contribution in [0.25, 0.3) is 11.2 Å². The summed E-state index contributed by atoms with van der Waals surface area (Å²) in [6, 6.07) is 17.9. The molecule has 15 heteroatoms. The van der Waals surface area contributed by atoms with Crippen LogP contribution >= 0.6 is 0 Å². The van der Waals surface area contributed by atoms with Gasteiger partial charge in [0, 0.05) is 6.54 Å². The van der Waals surface area contributed by atoms with E-state index in [9.17, 15) is 19.2 Å². The topological polar surface area (TPSA) is 182 Å². The molecule has 15 nitrogen and oxygen atoms in total. The molecule has 0 unspecified atom stereocenters. The van der Waals surface area contributed by atoms with Gasteiger partial charge in [-0.25, -0.2) is 19.4 Å². The minimum atomic E-state index is -1.57. The van der Waals surface area contributed by atoms with Crippen molar-refractivity contribution in [1.29, 1.82) is 0 Å². The van der Waals surface area contributed by atoms with Gasteiger partial charge in [0.25, 0.3) is 5.56 Å². The Morgan fingerprint density at radius 2 is 1.45 bits per heavy atom. The van der Waals surface area contributed by atoms with Crippen molar-refractivity contribution in [3.8, 4) is 0 Å². The van der Waals surface area contributed by atoms with Gasteiger partial charge in [0.2, 0.25) is 5.95 Å². The van der Waals surface area contributed by atoms with Gasteiger partial charge in [0.1, 0.15) is 13.2 Å². The van der Waals surface area contributed by atoms with Crippen LogP contribution in [0.3, 0.4) is 0 Å². The van der Waals surface area contributed by atoms with Gasteiger partial charge in [0.05, 0.1) is 12.9 Å². The van der Waals surface area contributed by atoms with E-state index in [1.165, 1.54) is 10.9 Å². The number of unbranched alkanes of at least 4 members (excludes halogenated alkanes) is 5. The van der Waals surface area contributed by atoms with Gasteiger partial charge in [-0.3, -0.25) is 14.3 Å². The number of imidazole rings is 1. The second-order valence-electron chi connectivity index (χ2n) is 13.1. The average Bonchev–Trinajstić information content (AvgIpc) is 3.74. The van der Waals surface area contributed by atoms with Crippen molar-refractivity contribution >= 4 is 35.4 Å². The fraction of sp³-hybridized carbons (Fsp3) is 0.474. The van der Waals surface area contributed by atoms with E-state index in [0.717, 1.165) is 32.1 Å². The number of rotatable bonds is 18. The molecule has 0 radical (unpaired) electrons. The van der Waals surface area contributed by atoms with Crippen LogP contribution in [-0.2, 0) is 46.4 Å². The highest BCUT2D eigenvalue weighted by molar-refractivity contribution is 5.77. The Balaban J connectivity index is 1.44. The number of anilines is 1. The average molecular weight is 734 g/mol. The molecule has 0 spiro atoms. The summed E-state index contributed by atoms with van der Waals surface area (Å²) in [7, 11) is 0. The Kier molecular flexibility index (Phi) is 14.2. The molecular weight excluding hydrogens is 686 g/mol. The van der Waals surface area contributed by atoms with Crippen LogP contribution in [0.2, 0.25) is 0 Å². The highest BCUT2D eigenvalue weighted by atomic mass is 16.8. The predicted molar refractivity (Wildman–Crippen MR) is 193 cm³/mol. The Morgan fingerprint density at radius 1 is 0.849 bits per heavy atom. The number of nitrogens with one attached hydrogen (secondary N) is 2. The summed E-state index contributed by atoms with van der Waals surface area (Å²) in [6.07, 6.45) is -1.24. The molecule has 3 heterocycles. The lowest BCUT2D eigenvalue weighted by Gasteiger charge is -2.24. The number of aromatic nitrogens is 4. The molecule has 1 saturated heterocycles. The molecule has 4 aromatic rings. The van der Waals surface area contributed by atoms with Crippen LogP contribution in [0.5, 0.6) is 0 Å². The maximum absolute atomic E-state index is 13.7. The molecule has 1 aliphatic heterocycles. The number of benzene rings is 2. The lowest BCUT2D eigenvalue weighted by molar-refractivity contribution is -0.162. The number of ether oxygens (including phenoxy) is 6. The first-order valence-electron chi connectivity index (χ1n) is 18.0. The number of carbonyl (C=O) groups is 3. The number of fused-ring (bicyclic) bond motifs is 1. The molecule has 1 aliphatic rings. The number of esters is 1. The molecule has 4 atom stereocenters. The second kappa shape index (κ2) is 19.4. The van der Waals surface area contributed by atoms with E-state index in [0.29, 0.717) is 24.1 Å². The first-order valence-corrected chi connectivity index (χ1v) is 18.0. The number of carbonyl (C=O) groups excluding carboxylic acids is 3. The van der Waals surface area contributed by atoms with Crippen LogP contribution in [0, 0.1) is 5.92 Å². The number of nitrogens with zero attached hydrogens (tertiary/aromatic N) is 3. The summed E-state index contributed by atoms with van der Waals surface area (Å²) in [5.41, 5.74) is 0.874. The zero-order chi connectivity index (χ0) is 37.6. The lowest BCUT2D eigenvalue weighted by Crippen LogP contribution is -2.43. The monoisotopic (exact) mass is 733 g/mol. The third-order valence-corrected chi connectivity index (χ3v) is 8.41. The van der Waals surface area contributed by atoms with Crippen LogP contribution < -0.4 is 10.9 Å². The van der Waals surface area contributed by atoms with E-state index < -0.39 is 48.4 Å². The molecular formula is C38H47N5O10. The highest BCUT2D eigenvalue weighted by Gasteiger charge is 2.55. The van der Waals surface area contributed by atoms with Gasteiger partial charge < -0.3 is 33.7 Å². The molecule has 1 fully saturated rings. The Hall–Kier alpha value is -5.44. The van der Waals surface area contributed by atoms with Crippen molar-refractivity contribution in [2.75, 3.05) is 18.5 Å². The first-order chi connectivity index (χ1) is 25.7. The van der Waals surface area contributed by atoms with E-state index in [1.54, 1.807) is 48.5 Å². The van der Waals surface area contributed by atoms with Crippen LogP contribution in [0.4, 0.5) is 15.5 Å². The predicted octanol–water partition coefficient (Wildman–Crippen LogP) is 6.43. The Bertz CT molecular complexity index is 1830. The minimum absolute atomic E-state index is 0.0389. The molecule has 0 aliphatic carbocycles. The van der Waals surface area contributed by atoms with Crippen molar-refractivity contribution in [2.45, 2.75) is 97.0 Å². The van der Waals surface area contributed by atoms with E-state index in [1.807, 2.05) is 26.0 Å². The van der Waals surface area contributed by atoms with Crippen molar-refractivity contribution in [1.82, 2.24) is 19.5 Å². The van der Waals surface area contributed by atoms with Gasteiger partial charge in [-0.05, 0) is 23.5 Å². The van der Waals surface area contributed by atoms with Gasteiger partial charge in [-0.2, -0.15) is 4.98 Å². The summed E-state index contributed by atoms with van der Waals surface area (Å²) in [4.78, 5) is 64.6. The SMILES string of the molecule is CCCCCCCCOC(=O)[C@H]1O[C@@H](n2cnc3c(=O)[nH]c(NCC(C)C)nc32)[C@H](OC(=O)OCc2ccccc2)[C@@H]1OC(=O)OCc1ccccc1. The highest BCUT2D eigenvalue weighted by Crippen LogP contribution is 2.36. The summed E-state index contributed by atoms with van der Waals surface area (Å²) in [5.74, 6) is -0.438. The van der Waals surface area contributed by atoms with E-state index in [2.05, 4.69) is 27.2 Å². The summed E-state index contributed by atoms with van der Waals surface area (Å²) >= 11 is 0. The Labute approximate surface area is 307 Å². The van der Waals surface area contributed by atoms with E-state index in [-0.39, 0.29) is 42.9 Å². The minimum Gasteiger partial charge on any atom is -0.464 e. The van der Waals surface area contributed by atoms with Crippen LogP contribution in [0.1, 0.15) is 76.7 Å². The number of H-pyrrole nitrogens is 1. The Morgan fingerprint density at radius 3 is 2.08 bits per heavy atom. The smallest absolute Gasteiger partial charge is 0.464 e. The lowest BCUT2D eigenvalue weighted by atomic mass is 10.1. The maximum Gasteiger partial charge on any atom is 0.509 e. The summed E-state index contributed by atoms with van der Waals surface area (Å²) < 4.78 is 35.4. The molecule has 0 bridgehead atoms. The standard InChI is InChI=1S/C38H47N5O10/c1-4-5-6-7-8-15-20-48-35(45)31-29(52-37(46)49-22-26-16-11-9-12-17-26)30(53-38(47)50-23-27-18-13-10-14-19-27)34(51-31)43-24-40-28-32(43)41-36(42-33(28)44)39-21-25(2)3/h9-14,16-19,24-25,29-31,34H,4-8,15,20-23H2,1-3H3,(H2,39,41,42,44)/t29-,30+,31-,34+/m0/s1. The normalized spacial score (nSPS) is 18.1. The van der Waals surface area contributed by atoms with Gasteiger partial charge in [-0.1, -0.05) is 114 Å². The number of hydrogen-bond acceptors (Lipinski definition) is 13. The number of hydrogen-bond donors (Lipinski definition) is 2. The molecule has 0 amide bonds. The number of aromatic amines is 1. The zero-order valence-corrected chi connectivity index (χ0v) is 30.2. The molecule has 5 rings (SSSR count). The molecule has 53 heavy (non-hydrogen) atoms. The quantitative estimate of drug-likeness (QED) is 0.0649. The van der Waals surface area contributed by atoms with Crippen molar-refractivity contribution in [2.24, 2.45) is 5.92 Å². The fourth-order valence-corrected chi connectivity index (χ4v) is 5.66. The van der Waals surface area contributed by atoms with Crippen molar-refractivity contribution in [3.63, 3.8) is 0 Å².